The van der Waals surface area contributed by atoms with Gasteiger partial charge in [-0.3, -0.25) is 9.97 Å². The Morgan fingerprint density at radius 3 is 2.21 bits per heavy atom. The number of rotatable bonds is 4. The molecule has 4 aromatic heterocycles. The van der Waals surface area contributed by atoms with Crippen LogP contribution in [0.1, 0.15) is 30.9 Å². The minimum Gasteiger partial charge on any atom is -0.323 e. The van der Waals surface area contributed by atoms with Crippen molar-refractivity contribution in [2.24, 2.45) is 7.05 Å². The van der Waals surface area contributed by atoms with Crippen molar-refractivity contribution in [1.29, 1.82) is 0 Å². The summed E-state index contributed by atoms with van der Waals surface area (Å²) in [6, 6.07) is 18.9. The van der Waals surface area contributed by atoms with Gasteiger partial charge in [-0.05, 0) is 42.9 Å². The molecule has 0 unspecified atom stereocenters. The summed E-state index contributed by atoms with van der Waals surface area (Å²) in [6.07, 6.45) is 0. The maximum atomic E-state index is 14.4. The molecule has 0 fully saturated rings. The van der Waals surface area contributed by atoms with Gasteiger partial charge in [-0.1, -0.05) is 36.8 Å². The molecule has 0 atom stereocenters. The van der Waals surface area contributed by atoms with Gasteiger partial charge in [0.2, 0.25) is 0 Å². The molecule has 0 aliphatic carbocycles. The monoisotopic (exact) mass is 628 g/mol. The van der Waals surface area contributed by atoms with Crippen molar-refractivity contribution in [2.75, 3.05) is 0 Å². The first-order valence-corrected chi connectivity index (χ1v) is 9.95. The first kappa shape index (κ1) is 24.7. The van der Waals surface area contributed by atoms with Gasteiger partial charge in [0.05, 0.1) is 5.41 Å². The number of hydrogen-bond donors (Lipinski definition) is 0. The van der Waals surface area contributed by atoms with E-state index in [4.69, 9.17) is 0 Å². The zero-order valence-corrected chi connectivity index (χ0v) is 20.6. The molecule has 0 aliphatic heterocycles. The van der Waals surface area contributed by atoms with E-state index in [9.17, 15) is 13.2 Å². The summed E-state index contributed by atoms with van der Waals surface area (Å²) >= 11 is 0. The van der Waals surface area contributed by atoms with Crippen LogP contribution in [0.5, 0.6) is 0 Å². The van der Waals surface area contributed by atoms with Crippen LogP contribution in [0.25, 0.3) is 22.5 Å². The predicted molar refractivity (Wildman–Crippen MR) is 113 cm³/mol. The molecule has 33 heavy (non-hydrogen) atoms. The van der Waals surface area contributed by atoms with Crippen LogP contribution in [0.3, 0.4) is 0 Å². The third kappa shape index (κ3) is 4.74. The maximum absolute atomic E-state index is 14.4. The molecule has 4 heterocycles. The van der Waals surface area contributed by atoms with Crippen LogP contribution in [0.4, 0.5) is 13.2 Å². The zero-order chi connectivity index (χ0) is 23.0. The molecule has 0 radical (unpaired) electrons. The predicted octanol–water partition coefficient (Wildman–Crippen LogP) is 4.68. The summed E-state index contributed by atoms with van der Waals surface area (Å²) in [4.78, 5) is 11.8. The summed E-state index contributed by atoms with van der Waals surface area (Å²) in [5.74, 6) is -2.50. The van der Waals surface area contributed by atoms with Crippen molar-refractivity contribution in [3.05, 3.63) is 95.6 Å². The average Bonchev–Trinajstić information content (AvgIpc) is 2.74. The van der Waals surface area contributed by atoms with Crippen LogP contribution < -0.4 is 4.57 Å². The Bertz CT molecular complexity index is 1330. The standard InChI is InChI=1S/C25H20F3N4.Pt/c1-15-11-12-16(23(27)29-15)18-7-5-9-20(30-18)25(2,3)21-10-6-8-19(32(21)4)17-13-14-22(26)31-24(17)28;/h5-11,14H,1-4H3;/q-1;+2. The number of pyridine rings is 4. The van der Waals surface area contributed by atoms with Gasteiger partial charge < -0.3 is 4.98 Å². The van der Waals surface area contributed by atoms with Crippen molar-refractivity contribution in [3.63, 3.8) is 0 Å². The quantitative estimate of drug-likeness (QED) is 0.188. The fraction of sp³-hybridized carbons (Fsp3) is 0.200. The molecule has 8 heteroatoms. The van der Waals surface area contributed by atoms with E-state index in [2.05, 4.69) is 27.1 Å². The minimum atomic E-state index is -0.937. The van der Waals surface area contributed by atoms with Gasteiger partial charge in [-0.15, -0.1) is 18.2 Å². The van der Waals surface area contributed by atoms with E-state index >= 15 is 0 Å². The minimum absolute atomic E-state index is 0. The summed E-state index contributed by atoms with van der Waals surface area (Å²) in [7, 11) is 1.78. The van der Waals surface area contributed by atoms with E-state index in [1.54, 1.807) is 48.9 Å². The van der Waals surface area contributed by atoms with Crippen LogP contribution in [0.15, 0.2) is 48.5 Å². The third-order valence-corrected chi connectivity index (χ3v) is 5.43. The molecular weight excluding hydrogens is 608 g/mol. The SMILES string of the molecule is Cc1c[c-]c(-c2cccc(C(C)(C)c3cccc(-c4[c-]cc(F)nc4F)[n+]3C)n2)c(F)n1.[Pt+2]. The smallest absolute Gasteiger partial charge is 0.323 e. The number of hydrogen-bond acceptors (Lipinski definition) is 3. The summed E-state index contributed by atoms with van der Waals surface area (Å²) in [5.41, 5.74) is 2.54. The van der Waals surface area contributed by atoms with E-state index in [-0.39, 0.29) is 32.2 Å². The Hall–Kier alpha value is -2.92. The van der Waals surface area contributed by atoms with Crippen LogP contribution in [-0.2, 0) is 33.5 Å². The van der Waals surface area contributed by atoms with Crippen molar-refractivity contribution in [3.8, 4) is 22.5 Å². The van der Waals surface area contributed by atoms with Crippen molar-refractivity contribution in [2.45, 2.75) is 26.2 Å². The van der Waals surface area contributed by atoms with Gasteiger partial charge in [-0.25, -0.2) is 17.7 Å². The molecule has 0 saturated heterocycles. The topological polar surface area (TPSA) is 42.5 Å². The fourth-order valence-electron chi connectivity index (χ4n) is 3.73. The Kier molecular flexibility index (Phi) is 7.13. The van der Waals surface area contributed by atoms with Crippen LogP contribution in [-0.4, -0.2) is 15.0 Å². The largest absolute Gasteiger partial charge is 2.00 e. The summed E-state index contributed by atoms with van der Waals surface area (Å²) in [6.45, 7) is 5.63. The molecule has 170 valence electrons. The van der Waals surface area contributed by atoms with Crippen molar-refractivity contribution >= 4 is 0 Å². The molecular formula is C25H20F3N4Pt+. The fourth-order valence-corrected chi connectivity index (χ4v) is 3.73. The molecule has 0 saturated carbocycles. The van der Waals surface area contributed by atoms with E-state index in [0.717, 1.165) is 11.8 Å². The van der Waals surface area contributed by atoms with Gasteiger partial charge in [0.15, 0.2) is 5.69 Å². The number of aryl methyl sites for hydroxylation is 1. The second-order valence-electron chi connectivity index (χ2n) is 7.99. The first-order chi connectivity index (χ1) is 15.2. The molecule has 0 bridgehead atoms. The average molecular weight is 629 g/mol. The molecule has 4 aromatic rings. The normalized spacial score (nSPS) is 11.2. The van der Waals surface area contributed by atoms with Gasteiger partial charge in [-0.2, -0.15) is 0 Å². The maximum Gasteiger partial charge on any atom is 2.00 e. The molecule has 0 aliphatic rings. The second kappa shape index (κ2) is 9.52. The molecule has 0 N–H and O–H groups in total. The van der Waals surface area contributed by atoms with Crippen molar-refractivity contribution < 1.29 is 38.8 Å². The van der Waals surface area contributed by atoms with E-state index in [1.165, 1.54) is 0 Å². The van der Waals surface area contributed by atoms with Crippen LogP contribution >= 0.6 is 0 Å². The third-order valence-electron chi connectivity index (χ3n) is 5.43. The Morgan fingerprint density at radius 1 is 0.848 bits per heavy atom. The molecule has 4 nitrogen and oxygen atoms in total. The van der Waals surface area contributed by atoms with Gasteiger partial charge in [0, 0.05) is 11.8 Å². The van der Waals surface area contributed by atoms with E-state index < -0.39 is 23.3 Å². The Balaban J connectivity index is 0.00000306. The molecule has 0 amide bonds. The van der Waals surface area contributed by atoms with Crippen LogP contribution in [0.2, 0.25) is 0 Å². The van der Waals surface area contributed by atoms with Gasteiger partial charge in [0.1, 0.15) is 30.6 Å². The second-order valence-corrected chi connectivity index (χ2v) is 7.99. The Morgan fingerprint density at radius 2 is 1.52 bits per heavy atom. The molecule has 0 spiro atoms. The van der Waals surface area contributed by atoms with E-state index in [1.807, 2.05) is 26.0 Å². The van der Waals surface area contributed by atoms with Gasteiger partial charge >= 0.3 is 21.1 Å². The summed E-state index contributed by atoms with van der Waals surface area (Å²) < 4.78 is 43.8. The van der Waals surface area contributed by atoms with Crippen LogP contribution in [0, 0.1) is 36.9 Å². The number of nitrogens with zero attached hydrogens (tertiary/aromatic N) is 4. The molecule has 0 aromatic carbocycles. The summed E-state index contributed by atoms with van der Waals surface area (Å²) in [5, 5.41) is 0. The number of aromatic nitrogens is 4. The Labute approximate surface area is 204 Å². The van der Waals surface area contributed by atoms with Gasteiger partial charge in [0.25, 0.3) is 0 Å². The van der Waals surface area contributed by atoms with E-state index in [0.29, 0.717) is 22.8 Å². The first-order valence-electron chi connectivity index (χ1n) is 9.95. The number of halogens is 3. The zero-order valence-electron chi connectivity index (χ0n) is 18.4. The molecule has 4 rings (SSSR count). The van der Waals surface area contributed by atoms with Crippen molar-refractivity contribution in [1.82, 2.24) is 15.0 Å².